The van der Waals surface area contributed by atoms with E-state index in [9.17, 15) is 0 Å². The van der Waals surface area contributed by atoms with Crippen LogP contribution in [-0.4, -0.2) is 25.0 Å². The minimum absolute atomic E-state index is 0.727. The number of hydrogen-bond acceptors (Lipinski definition) is 4. The number of benzene rings is 1. The van der Waals surface area contributed by atoms with Crippen molar-refractivity contribution in [2.75, 3.05) is 0 Å². The van der Waals surface area contributed by atoms with Crippen LogP contribution in [0.25, 0.3) is 11.3 Å². The number of aromatic nitrogens is 5. The van der Waals surface area contributed by atoms with Gasteiger partial charge >= 0.3 is 0 Å². The molecule has 4 rings (SSSR count). The average Bonchev–Trinajstić information content (AvgIpc) is 3.33. The minimum Gasteiger partial charge on any atom is -0.308 e. The summed E-state index contributed by atoms with van der Waals surface area (Å²) in [5, 5.41) is 15.1. The maximum absolute atomic E-state index is 4.44. The maximum atomic E-state index is 4.44. The second-order valence-corrected chi connectivity index (χ2v) is 6.15. The molecule has 4 aromatic rings. The molecule has 0 aliphatic carbocycles. The number of rotatable bonds is 7. The Morgan fingerprint density at radius 3 is 2.69 bits per heavy atom. The maximum Gasteiger partial charge on any atom is 0.0710 e. The lowest BCUT2D eigenvalue weighted by Gasteiger charge is -2.04. The van der Waals surface area contributed by atoms with Gasteiger partial charge in [-0.15, -0.1) is 0 Å². The van der Waals surface area contributed by atoms with Gasteiger partial charge in [0.15, 0.2) is 0 Å². The Bertz CT molecular complexity index is 943. The van der Waals surface area contributed by atoms with E-state index in [-0.39, 0.29) is 0 Å². The average molecular weight is 344 g/mol. The van der Waals surface area contributed by atoms with Crippen LogP contribution in [0, 0.1) is 0 Å². The van der Waals surface area contributed by atoms with Gasteiger partial charge in [0.2, 0.25) is 0 Å². The van der Waals surface area contributed by atoms with Crippen LogP contribution in [-0.2, 0) is 19.6 Å². The number of hydrogen-bond donors (Lipinski definition) is 2. The topological polar surface area (TPSA) is 71.4 Å². The predicted octanol–water partition coefficient (Wildman–Crippen LogP) is 3.01. The third-order valence-corrected chi connectivity index (χ3v) is 4.19. The molecule has 0 fully saturated rings. The highest BCUT2D eigenvalue weighted by atomic mass is 15.3. The van der Waals surface area contributed by atoms with Gasteiger partial charge in [0.1, 0.15) is 0 Å². The zero-order chi connectivity index (χ0) is 17.6. The number of aromatic amines is 1. The first-order chi connectivity index (χ1) is 12.9. The smallest absolute Gasteiger partial charge is 0.0710 e. The fourth-order valence-corrected chi connectivity index (χ4v) is 2.90. The van der Waals surface area contributed by atoms with E-state index in [1.807, 2.05) is 53.6 Å². The van der Waals surface area contributed by atoms with Gasteiger partial charge in [-0.1, -0.05) is 30.3 Å². The summed E-state index contributed by atoms with van der Waals surface area (Å²) in [6.45, 7) is 2.27. The fourth-order valence-electron chi connectivity index (χ4n) is 2.90. The molecule has 3 heterocycles. The molecule has 0 bridgehead atoms. The van der Waals surface area contributed by atoms with Crippen LogP contribution in [0.5, 0.6) is 0 Å². The van der Waals surface area contributed by atoms with Gasteiger partial charge in [0.05, 0.1) is 24.6 Å². The third kappa shape index (κ3) is 3.87. The first kappa shape index (κ1) is 16.2. The molecule has 0 saturated heterocycles. The van der Waals surface area contributed by atoms with E-state index in [0.29, 0.717) is 0 Å². The van der Waals surface area contributed by atoms with Crippen molar-refractivity contribution in [1.29, 1.82) is 0 Å². The summed E-state index contributed by atoms with van der Waals surface area (Å²) in [5.41, 5.74) is 5.57. The van der Waals surface area contributed by atoms with Gasteiger partial charge in [-0.2, -0.15) is 10.2 Å². The summed E-state index contributed by atoms with van der Waals surface area (Å²) in [4.78, 5) is 4.17. The van der Waals surface area contributed by atoms with Gasteiger partial charge in [0, 0.05) is 48.4 Å². The summed E-state index contributed by atoms with van der Waals surface area (Å²) >= 11 is 0. The Morgan fingerprint density at radius 2 is 1.85 bits per heavy atom. The van der Waals surface area contributed by atoms with Crippen molar-refractivity contribution in [2.45, 2.75) is 19.6 Å². The van der Waals surface area contributed by atoms with E-state index in [4.69, 9.17) is 0 Å². The standard InChI is InChI=1S/C20H20N6/c1-2-5-16(6-3-1)14-26-15-17(10-24-26)9-22-12-19-13-23-25-20(19)18-7-4-8-21-11-18/h1-8,10-11,13,15,22H,9,12,14H2,(H,23,25). The van der Waals surface area contributed by atoms with Gasteiger partial charge in [-0.3, -0.25) is 14.8 Å². The summed E-state index contributed by atoms with van der Waals surface area (Å²) in [6.07, 6.45) is 9.45. The second kappa shape index (κ2) is 7.76. The molecule has 0 unspecified atom stereocenters. The van der Waals surface area contributed by atoms with Crippen molar-refractivity contribution < 1.29 is 0 Å². The summed E-state index contributed by atoms with van der Waals surface area (Å²) < 4.78 is 1.96. The summed E-state index contributed by atoms with van der Waals surface area (Å²) in [5.74, 6) is 0. The molecule has 1 aromatic carbocycles. The zero-order valence-electron chi connectivity index (χ0n) is 14.3. The molecule has 0 aliphatic heterocycles. The highest BCUT2D eigenvalue weighted by Gasteiger charge is 2.07. The molecule has 0 aliphatic rings. The van der Waals surface area contributed by atoms with Gasteiger partial charge in [0.25, 0.3) is 0 Å². The largest absolute Gasteiger partial charge is 0.308 e. The zero-order valence-corrected chi connectivity index (χ0v) is 14.3. The van der Waals surface area contributed by atoms with Crippen LogP contribution in [0.1, 0.15) is 16.7 Å². The number of pyridine rings is 1. The van der Waals surface area contributed by atoms with Gasteiger partial charge in [-0.05, 0) is 17.7 Å². The van der Waals surface area contributed by atoms with Crippen molar-refractivity contribution in [3.05, 3.63) is 90.1 Å². The number of nitrogens with zero attached hydrogens (tertiary/aromatic N) is 4. The minimum atomic E-state index is 0.727. The predicted molar refractivity (Wildman–Crippen MR) is 100 cm³/mol. The summed E-state index contributed by atoms with van der Waals surface area (Å²) in [6, 6.07) is 14.3. The molecule has 130 valence electrons. The SMILES string of the molecule is c1ccc(Cn2cc(CNCc3cn[nH]c3-c3cccnc3)cn2)cc1. The Balaban J connectivity index is 1.34. The molecule has 0 spiro atoms. The van der Waals surface area contributed by atoms with Crippen LogP contribution in [0.3, 0.4) is 0 Å². The highest BCUT2D eigenvalue weighted by molar-refractivity contribution is 5.61. The van der Waals surface area contributed by atoms with Crippen molar-refractivity contribution in [3.63, 3.8) is 0 Å². The lowest BCUT2D eigenvalue weighted by molar-refractivity contribution is 0.677. The second-order valence-electron chi connectivity index (χ2n) is 6.15. The van der Waals surface area contributed by atoms with E-state index in [1.165, 1.54) is 5.56 Å². The van der Waals surface area contributed by atoms with Crippen molar-refractivity contribution >= 4 is 0 Å². The van der Waals surface area contributed by atoms with Gasteiger partial charge < -0.3 is 5.32 Å². The first-order valence-corrected chi connectivity index (χ1v) is 8.57. The van der Waals surface area contributed by atoms with Crippen molar-refractivity contribution in [1.82, 2.24) is 30.3 Å². The Kier molecular flexibility index (Phi) is 4.84. The van der Waals surface area contributed by atoms with Crippen LogP contribution >= 0.6 is 0 Å². The van der Waals surface area contributed by atoms with Crippen LogP contribution in [0.4, 0.5) is 0 Å². The lowest BCUT2D eigenvalue weighted by atomic mass is 10.1. The molecular weight excluding hydrogens is 324 g/mol. The molecular formula is C20H20N6. The molecule has 0 radical (unpaired) electrons. The van der Waals surface area contributed by atoms with E-state index in [1.54, 1.807) is 6.20 Å². The Hall–Kier alpha value is -3.25. The lowest BCUT2D eigenvalue weighted by Crippen LogP contribution is -2.12. The number of nitrogens with one attached hydrogen (secondary N) is 2. The van der Waals surface area contributed by atoms with Crippen molar-refractivity contribution in [2.24, 2.45) is 0 Å². The van der Waals surface area contributed by atoms with Crippen LogP contribution < -0.4 is 5.32 Å². The number of H-pyrrole nitrogens is 1. The third-order valence-electron chi connectivity index (χ3n) is 4.19. The monoisotopic (exact) mass is 344 g/mol. The fraction of sp³-hybridized carbons (Fsp3) is 0.150. The Labute approximate surface area is 151 Å². The van der Waals surface area contributed by atoms with E-state index < -0.39 is 0 Å². The Morgan fingerprint density at radius 1 is 0.923 bits per heavy atom. The molecule has 6 heteroatoms. The molecule has 0 saturated carbocycles. The van der Waals surface area contributed by atoms with Gasteiger partial charge in [-0.25, -0.2) is 0 Å². The summed E-state index contributed by atoms with van der Waals surface area (Å²) in [7, 11) is 0. The molecule has 6 nitrogen and oxygen atoms in total. The molecule has 0 amide bonds. The van der Waals surface area contributed by atoms with E-state index in [0.717, 1.165) is 42.0 Å². The van der Waals surface area contributed by atoms with Crippen LogP contribution in [0.2, 0.25) is 0 Å². The normalized spacial score (nSPS) is 10.9. The molecule has 0 atom stereocenters. The molecule has 2 N–H and O–H groups in total. The highest BCUT2D eigenvalue weighted by Crippen LogP contribution is 2.19. The van der Waals surface area contributed by atoms with Crippen molar-refractivity contribution in [3.8, 4) is 11.3 Å². The quantitative estimate of drug-likeness (QED) is 0.541. The van der Waals surface area contributed by atoms with E-state index >= 15 is 0 Å². The van der Waals surface area contributed by atoms with Crippen LogP contribution in [0.15, 0.2) is 73.4 Å². The molecule has 3 aromatic heterocycles. The first-order valence-electron chi connectivity index (χ1n) is 8.57. The molecule has 26 heavy (non-hydrogen) atoms. The van der Waals surface area contributed by atoms with E-state index in [2.05, 4.69) is 43.9 Å².